The van der Waals surface area contributed by atoms with E-state index in [-0.39, 0.29) is 6.10 Å². The van der Waals surface area contributed by atoms with Gasteiger partial charge in [0.05, 0.1) is 13.2 Å². The minimum Gasteiger partial charge on any atom is -0.497 e. The summed E-state index contributed by atoms with van der Waals surface area (Å²) < 4.78 is 11.4. The van der Waals surface area contributed by atoms with Gasteiger partial charge in [0, 0.05) is 11.6 Å². The van der Waals surface area contributed by atoms with Crippen molar-refractivity contribution >= 4 is 15.9 Å². The predicted molar refractivity (Wildman–Crippen MR) is 56.1 cm³/mol. The SMILES string of the molecule is COc1cc(Br)cc(C(C)OC)c1. The first kappa shape index (κ1) is 10.5. The predicted octanol–water partition coefficient (Wildman–Crippen LogP) is 3.17. The number of ether oxygens (including phenoxy) is 2. The highest BCUT2D eigenvalue weighted by Gasteiger charge is 2.06. The fraction of sp³-hybridized carbons (Fsp3) is 0.400. The molecule has 0 radical (unpaired) electrons. The second-order valence-electron chi connectivity index (χ2n) is 2.80. The molecule has 3 heteroatoms. The Morgan fingerprint density at radius 3 is 2.46 bits per heavy atom. The Morgan fingerprint density at radius 1 is 1.23 bits per heavy atom. The molecule has 0 fully saturated rings. The van der Waals surface area contributed by atoms with E-state index in [4.69, 9.17) is 9.47 Å². The fourth-order valence-electron chi connectivity index (χ4n) is 1.07. The Balaban J connectivity index is 3.01. The van der Waals surface area contributed by atoms with Crippen molar-refractivity contribution in [2.24, 2.45) is 0 Å². The number of halogens is 1. The van der Waals surface area contributed by atoms with E-state index >= 15 is 0 Å². The van der Waals surface area contributed by atoms with Crippen molar-refractivity contribution in [3.63, 3.8) is 0 Å². The van der Waals surface area contributed by atoms with E-state index in [2.05, 4.69) is 15.9 Å². The quantitative estimate of drug-likeness (QED) is 0.814. The molecular weight excluding hydrogens is 232 g/mol. The summed E-state index contributed by atoms with van der Waals surface area (Å²) in [5, 5.41) is 0. The van der Waals surface area contributed by atoms with Crippen LogP contribution in [0.4, 0.5) is 0 Å². The summed E-state index contributed by atoms with van der Waals surface area (Å²) in [6, 6.07) is 5.92. The summed E-state index contributed by atoms with van der Waals surface area (Å²) in [5.41, 5.74) is 1.11. The van der Waals surface area contributed by atoms with E-state index in [0.717, 1.165) is 15.8 Å². The lowest BCUT2D eigenvalue weighted by Gasteiger charge is -2.11. The molecule has 1 aromatic rings. The lowest BCUT2D eigenvalue weighted by atomic mass is 10.1. The molecule has 0 saturated carbocycles. The van der Waals surface area contributed by atoms with Crippen LogP contribution in [0.15, 0.2) is 22.7 Å². The zero-order chi connectivity index (χ0) is 9.84. The van der Waals surface area contributed by atoms with Crippen LogP contribution in [0.1, 0.15) is 18.6 Å². The number of benzene rings is 1. The Morgan fingerprint density at radius 2 is 1.92 bits per heavy atom. The largest absolute Gasteiger partial charge is 0.497 e. The summed E-state index contributed by atoms with van der Waals surface area (Å²) in [6.07, 6.45) is 0.0893. The third-order valence-electron chi connectivity index (χ3n) is 1.95. The van der Waals surface area contributed by atoms with Crippen LogP contribution in [0.2, 0.25) is 0 Å². The molecule has 0 aromatic heterocycles. The van der Waals surface area contributed by atoms with Crippen LogP contribution in [0.3, 0.4) is 0 Å². The van der Waals surface area contributed by atoms with Crippen molar-refractivity contribution in [3.8, 4) is 5.75 Å². The summed E-state index contributed by atoms with van der Waals surface area (Å²) in [6.45, 7) is 2.00. The van der Waals surface area contributed by atoms with Gasteiger partial charge in [0.15, 0.2) is 0 Å². The maximum absolute atomic E-state index is 5.21. The highest BCUT2D eigenvalue weighted by molar-refractivity contribution is 9.10. The number of methoxy groups -OCH3 is 2. The molecular formula is C10H13BrO2. The number of hydrogen-bond acceptors (Lipinski definition) is 2. The monoisotopic (exact) mass is 244 g/mol. The van der Waals surface area contributed by atoms with Crippen LogP contribution in [0.25, 0.3) is 0 Å². The highest BCUT2D eigenvalue weighted by atomic mass is 79.9. The van der Waals surface area contributed by atoms with Crippen LogP contribution in [0.5, 0.6) is 5.75 Å². The Hall–Kier alpha value is -0.540. The summed E-state index contributed by atoms with van der Waals surface area (Å²) in [5.74, 6) is 0.841. The van der Waals surface area contributed by atoms with Gasteiger partial charge in [0.1, 0.15) is 5.75 Å². The minimum absolute atomic E-state index is 0.0893. The van der Waals surface area contributed by atoms with Gasteiger partial charge in [0.2, 0.25) is 0 Å². The molecule has 1 aromatic carbocycles. The van der Waals surface area contributed by atoms with E-state index < -0.39 is 0 Å². The van der Waals surface area contributed by atoms with Gasteiger partial charge in [-0.25, -0.2) is 0 Å². The minimum atomic E-state index is 0.0893. The lowest BCUT2D eigenvalue weighted by Crippen LogP contribution is -1.96. The lowest BCUT2D eigenvalue weighted by molar-refractivity contribution is 0.119. The van der Waals surface area contributed by atoms with E-state index in [1.54, 1.807) is 14.2 Å². The zero-order valence-electron chi connectivity index (χ0n) is 8.00. The van der Waals surface area contributed by atoms with E-state index in [1.807, 2.05) is 25.1 Å². The Labute approximate surface area is 87.0 Å². The van der Waals surface area contributed by atoms with Crippen molar-refractivity contribution < 1.29 is 9.47 Å². The zero-order valence-corrected chi connectivity index (χ0v) is 9.59. The first-order valence-corrected chi connectivity index (χ1v) is 4.84. The molecule has 0 aliphatic carbocycles. The summed E-state index contributed by atoms with van der Waals surface area (Å²) >= 11 is 3.42. The van der Waals surface area contributed by atoms with Gasteiger partial charge in [-0.15, -0.1) is 0 Å². The molecule has 0 amide bonds. The highest BCUT2D eigenvalue weighted by Crippen LogP contribution is 2.26. The fourth-order valence-corrected chi connectivity index (χ4v) is 1.56. The van der Waals surface area contributed by atoms with Crippen LogP contribution >= 0.6 is 15.9 Å². The smallest absolute Gasteiger partial charge is 0.120 e. The maximum Gasteiger partial charge on any atom is 0.120 e. The van der Waals surface area contributed by atoms with Crippen molar-refractivity contribution in [1.82, 2.24) is 0 Å². The molecule has 1 unspecified atom stereocenters. The van der Waals surface area contributed by atoms with Crippen molar-refractivity contribution in [3.05, 3.63) is 28.2 Å². The van der Waals surface area contributed by atoms with Crippen LogP contribution < -0.4 is 4.74 Å². The Bertz CT molecular complexity index is 286. The molecule has 0 heterocycles. The molecule has 0 bridgehead atoms. The topological polar surface area (TPSA) is 18.5 Å². The number of rotatable bonds is 3. The summed E-state index contributed by atoms with van der Waals surface area (Å²) in [4.78, 5) is 0. The van der Waals surface area contributed by atoms with E-state index in [1.165, 1.54) is 0 Å². The van der Waals surface area contributed by atoms with Crippen molar-refractivity contribution in [2.45, 2.75) is 13.0 Å². The van der Waals surface area contributed by atoms with Crippen molar-refractivity contribution in [2.75, 3.05) is 14.2 Å². The second kappa shape index (κ2) is 4.63. The van der Waals surface area contributed by atoms with Crippen LogP contribution in [-0.4, -0.2) is 14.2 Å². The van der Waals surface area contributed by atoms with E-state index in [9.17, 15) is 0 Å². The first-order valence-electron chi connectivity index (χ1n) is 4.04. The molecule has 0 N–H and O–H groups in total. The second-order valence-corrected chi connectivity index (χ2v) is 3.72. The molecule has 0 spiro atoms. The Kier molecular flexibility index (Phi) is 3.75. The summed E-state index contributed by atoms with van der Waals surface area (Å²) in [7, 11) is 3.35. The van der Waals surface area contributed by atoms with E-state index in [0.29, 0.717) is 0 Å². The molecule has 0 aliphatic heterocycles. The maximum atomic E-state index is 5.21. The van der Waals surface area contributed by atoms with Gasteiger partial charge in [-0.05, 0) is 30.7 Å². The van der Waals surface area contributed by atoms with Crippen molar-refractivity contribution in [1.29, 1.82) is 0 Å². The average molecular weight is 245 g/mol. The van der Waals surface area contributed by atoms with Crippen LogP contribution in [-0.2, 0) is 4.74 Å². The van der Waals surface area contributed by atoms with Gasteiger partial charge in [-0.2, -0.15) is 0 Å². The molecule has 72 valence electrons. The standard InChI is InChI=1S/C10H13BrO2/c1-7(12-2)8-4-9(11)6-10(5-8)13-3/h4-7H,1-3H3. The third-order valence-corrected chi connectivity index (χ3v) is 2.41. The van der Waals surface area contributed by atoms with Gasteiger partial charge >= 0.3 is 0 Å². The molecule has 2 nitrogen and oxygen atoms in total. The van der Waals surface area contributed by atoms with Gasteiger partial charge in [-0.3, -0.25) is 0 Å². The molecule has 0 aliphatic rings. The molecule has 13 heavy (non-hydrogen) atoms. The number of hydrogen-bond donors (Lipinski definition) is 0. The normalized spacial score (nSPS) is 12.6. The third kappa shape index (κ3) is 2.71. The average Bonchev–Trinajstić information content (AvgIpc) is 2.15. The van der Waals surface area contributed by atoms with Crippen LogP contribution in [0, 0.1) is 0 Å². The van der Waals surface area contributed by atoms with Gasteiger partial charge in [-0.1, -0.05) is 15.9 Å². The van der Waals surface area contributed by atoms with Gasteiger partial charge in [0.25, 0.3) is 0 Å². The molecule has 1 atom stereocenters. The van der Waals surface area contributed by atoms with Gasteiger partial charge < -0.3 is 9.47 Å². The molecule has 0 saturated heterocycles. The first-order chi connectivity index (χ1) is 6.17. The molecule has 1 rings (SSSR count).